The maximum atomic E-state index is 12.2. The molecule has 124 valence electrons. The van der Waals surface area contributed by atoms with E-state index in [-0.39, 0.29) is 12.1 Å². The number of nitrogens with one attached hydrogen (secondary N) is 2. The first kappa shape index (κ1) is 14.8. The number of rotatable bonds is 3. The number of nitrogens with zero attached hydrogens (tertiary/aromatic N) is 1. The number of carbonyl (C=O) groups is 1. The van der Waals surface area contributed by atoms with E-state index in [0.717, 1.165) is 30.2 Å². The quantitative estimate of drug-likeness (QED) is 0.886. The van der Waals surface area contributed by atoms with Gasteiger partial charge in [0.15, 0.2) is 0 Å². The molecule has 0 bridgehead atoms. The molecule has 1 aromatic carbocycles. The van der Waals surface area contributed by atoms with Crippen LogP contribution in [0.4, 0.5) is 16.2 Å². The molecule has 23 heavy (non-hydrogen) atoms. The Morgan fingerprint density at radius 2 is 1.96 bits per heavy atom. The predicted molar refractivity (Wildman–Crippen MR) is 89.1 cm³/mol. The number of benzene rings is 1. The molecular formula is C16H21N3O3S. The van der Waals surface area contributed by atoms with Crippen LogP contribution in [0.3, 0.4) is 0 Å². The van der Waals surface area contributed by atoms with E-state index in [4.69, 9.17) is 0 Å². The number of carbonyl (C=O) groups excluding carboxylic acids is 1. The normalized spacial score (nSPS) is 28.2. The fraction of sp³-hybridized carbons (Fsp3) is 0.562. The van der Waals surface area contributed by atoms with Gasteiger partial charge in [-0.3, -0.25) is 4.31 Å². The Bertz CT molecular complexity index is 752. The maximum absolute atomic E-state index is 12.2. The molecule has 7 heteroatoms. The van der Waals surface area contributed by atoms with Crippen LogP contribution in [0, 0.1) is 11.8 Å². The molecule has 3 aliphatic rings. The van der Waals surface area contributed by atoms with Crippen molar-refractivity contribution in [3.8, 4) is 0 Å². The minimum atomic E-state index is -3.28. The molecule has 2 atom stereocenters. The van der Waals surface area contributed by atoms with Crippen LogP contribution >= 0.6 is 0 Å². The summed E-state index contributed by atoms with van der Waals surface area (Å²) in [4.78, 5) is 12.2. The Labute approximate surface area is 136 Å². The van der Waals surface area contributed by atoms with Crippen LogP contribution < -0.4 is 14.9 Å². The van der Waals surface area contributed by atoms with Gasteiger partial charge in [-0.1, -0.05) is 6.07 Å². The zero-order chi connectivity index (χ0) is 16.2. The summed E-state index contributed by atoms with van der Waals surface area (Å²) < 4.78 is 25.0. The second-order valence-electron chi connectivity index (χ2n) is 6.91. The van der Waals surface area contributed by atoms with Crippen molar-refractivity contribution in [1.29, 1.82) is 0 Å². The van der Waals surface area contributed by atoms with Crippen molar-refractivity contribution >= 4 is 27.4 Å². The Kier molecular flexibility index (Phi) is 3.30. The third-order valence-electron chi connectivity index (χ3n) is 5.21. The van der Waals surface area contributed by atoms with Crippen molar-refractivity contribution in [2.24, 2.45) is 11.8 Å². The van der Waals surface area contributed by atoms with E-state index in [1.54, 1.807) is 12.1 Å². The highest BCUT2D eigenvalue weighted by Crippen LogP contribution is 2.51. The summed E-state index contributed by atoms with van der Waals surface area (Å²) in [5.41, 5.74) is 2.27. The number of fused-ring (bicyclic) bond motifs is 2. The van der Waals surface area contributed by atoms with E-state index >= 15 is 0 Å². The van der Waals surface area contributed by atoms with Crippen molar-refractivity contribution in [1.82, 2.24) is 5.32 Å². The van der Waals surface area contributed by atoms with Gasteiger partial charge in [-0.05, 0) is 49.7 Å². The number of anilines is 2. The lowest BCUT2D eigenvalue weighted by molar-refractivity contribution is 0.247. The molecule has 2 amide bonds. The van der Waals surface area contributed by atoms with E-state index in [9.17, 15) is 13.2 Å². The Morgan fingerprint density at radius 1 is 1.22 bits per heavy atom. The van der Waals surface area contributed by atoms with Gasteiger partial charge in [0.1, 0.15) is 0 Å². The van der Waals surface area contributed by atoms with Crippen LogP contribution in [0.15, 0.2) is 18.2 Å². The van der Waals surface area contributed by atoms with Gasteiger partial charge in [-0.25, -0.2) is 13.2 Å². The average Bonchev–Trinajstić information content (AvgIpc) is 2.90. The van der Waals surface area contributed by atoms with Crippen LogP contribution in [0.25, 0.3) is 0 Å². The molecular weight excluding hydrogens is 314 g/mol. The molecule has 2 aliphatic carbocycles. The van der Waals surface area contributed by atoms with E-state index in [1.807, 2.05) is 6.07 Å². The zero-order valence-electron chi connectivity index (χ0n) is 13.1. The highest BCUT2D eigenvalue weighted by Gasteiger charge is 2.46. The van der Waals surface area contributed by atoms with Crippen molar-refractivity contribution in [3.05, 3.63) is 23.8 Å². The Morgan fingerprint density at radius 3 is 2.65 bits per heavy atom. The number of amides is 2. The topological polar surface area (TPSA) is 78.5 Å². The van der Waals surface area contributed by atoms with Gasteiger partial charge in [0, 0.05) is 23.8 Å². The molecule has 4 rings (SSSR count). The van der Waals surface area contributed by atoms with Crippen LogP contribution in [0.1, 0.15) is 24.8 Å². The maximum Gasteiger partial charge on any atom is 0.319 e. The fourth-order valence-electron chi connectivity index (χ4n) is 4.04. The molecule has 2 saturated carbocycles. The molecule has 6 nitrogen and oxygen atoms in total. The summed E-state index contributed by atoms with van der Waals surface area (Å²) in [5, 5.41) is 5.94. The van der Waals surface area contributed by atoms with E-state index in [1.165, 1.54) is 17.0 Å². The van der Waals surface area contributed by atoms with Gasteiger partial charge in [-0.15, -0.1) is 0 Å². The molecule has 1 aromatic rings. The molecule has 1 aliphatic heterocycles. The molecule has 0 aromatic heterocycles. The third-order valence-corrected chi connectivity index (χ3v) is 6.39. The highest BCUT2D eigenvalue weighted by atomic mass is 32.2. The number of urea groups is 1. The third kappa shape index (κ3) is 2.78. The molecule has 0 radical (unpaired) electrons. The average molecular weight is 335 g/mol. The second-order valence-corrected chi connectivity index (χ2v) is 8.82. The first-order valence-electron chi connectivity index (χ1n) is 8.09. The summed E-state index contributed by atoms with van der Waals surface area (Å²) in [6.07, 6.45) is 5.33. The highest BCUT2D eigenvalue weighted by molar-refractivity contribution is 7.92. The van der Waals surface area contributed by atoms with Crippen LogP contribution in [0.2, 0.25) is 0 Å². The summed E-state index contributed by atoms with van der Waals surface area (Å²) in [6, 6.07) is 5.49. The first-order chi connectivity index (χ1) is 10.9. The van der Waals surface area contributed by atoms with Crippen molar-refractivity contribution in [2.45, 2.75) is 31.7 Å². The van der Waals surface area contributed by atoms with Gasteiger partial charge in [0.05, 0.1) is 11.9 Å². The summed E-state index contributed by atoms with van der Waals surface area (Å²) >= 11 is 0. The SMILES string of the molecule is CS(=O)(=O)N1CCc2c(NC(=O)NC3CC4CC4C3)cccc21. The fourth-order valence-corrected chi connectivity index (χ4v) is 4.99. The number of hydrogen-bond donors (Lipinski definition) is 2. The van der Waals surface area contributed by atoms with E-state index in [2.05, 4.69) is 10.6 Å². The van der Waals surface area contributed by atoms with E-state index in [0.29, 0.717) is 24.3 Å². The standard InChI is InChI=1S/C16H21N3O3S/c1-23(21,22)19-6-5-13-14(3-2-4-15(13)19)18-16(20)17-12-8-10-7-11(10)9-12/h2-4,10-12H,5-9H2,1H3,(H2,17,18,20). The molecule has 0 spiro atoms. The molecule has 2 fully saturated rings. The lowest BCUT2D eigenvalue weighted by Gasteiger charge is -2.18. The van der Waals surface area contributed by atoms with Crippen molar-refractivity contribution in [2.75, 3.05) is 22.4 Å². The van der Waals surface area contributed by atoms with Crippen LogP contribution in [-0.4, -0.2) is 33.3 Å². The van der Waals surface area contributed by atoms with Crippen LogP contribution in [-0.2, 0) is 16.4 Å². The first-order valence-corrected chi connectivity index (χ1v) is 9.94. The lowest BCUT2D eigenvalue weighted by atomic mass is 10.1. The smallest absolute Gasteiger partial charge is 0.319 e. The number of sulfonamides is 1. The van der Waals surface area contributed by atoms with Crippen LogP contribution in [0.5, 0.6) is 0 Å². The van der Waals surface area contributed by atoms with Gasteiger partial charge in [0.25, 0.3) is 0 Å². The predicted octanol–water partition coefficient (Wildman–Crippen LogP) is 1.93. The molecule has 2 N–H and O–H groups in total. The van der Waals surface area contributed by atoms with Gasteiger partial charge < -0.3 is 10.6 Å². The Balaban J connectivity index is 1.47. The number of hydrogen-bond acceptors (Lipinski definition) is 3. The van der Waals surface area contributed by atoms with Gasteiger partial charge >= 0.3 is 6.03 Å². The summed E-state index contributed by atoms with van der Waals surface area (Å²) in [7, 11) is -3.28. The lowest BCUT2D eigenvalue weighted by Crippen LogP contribution is -2.37. The molecule has 2 unspecified atom stereocenters. The minimum Gasteiger partial charge on any atom is -0.335 e. The zero-order valence-corrected chi connectivity index (χ0v) is 13.9. The largest absolute Gasteiger partial charge is 0.335 e. The van der Waals surface area contributed by atoms with Crippen molar-refractivity contribution in [3.63, 3.8) is 0 Å². The molecule has 0 saturated heterocycles. The summed E-state index contributed by atoms with van der Waals surface area (Å²) in [5.74, 6) is 1.65. The van der Waals surface area contributed by atoms with Gasteiger partial charge in [-0.2, -0.15) is 0 Å². The second kappa shape index (κ2) is 5.12. The van der Waals surface area contributed by atoms with Gasteiger partial charge in [0.2, 0.25) is 10.0 Å². The van der Waals surface area contributed by atoms with E-state index < -0.39 is 10.0 Å². The summed E-state index contributed by atoms with van der Waals surface area (Å²) in [6.45, 7) is 0.431. The Hall–Kier alpha value is -1.76. The minimum absolute atomic E-state index is 0.192. The monoisotopic (exact) mass is 335 g/mol. The van der Waals surface area contributed by atoms with Crippen molar-refractivity contribution < 1.29 is 13.2 Å². The molecule has 1 heterocycles.